The predicted octanol–water partition coefficient (Wildman–Crippen LogP) is 2.94. The first-order valence-electron chi connectivity index (χ1n) is 7.14. The van der Waals surface area contributed by atoms with E-state index in [0.29, 0.717) is 11.3 Å². The van der Waals surface area contributed by atoms with Gasteiger partial charge >= 0.3 is 5.97 Å². The van der Waals surface area contributed by atoms with Crippen LogP contribution in [-0.4, -0.2) is 15.6 Å². The summed E-state index contributed by atoms with van der Waals surface area (Å²) in [5, 5.41) is 8.80. The number of carboxylic acids is 1. The zero-order valence-corrected chi connectivity index (χ0v) is 12.0. The number of rotatable bonds is 4. The second-order valence-electron chi connectivity index (χ2n) is 5.67. The maximum absolute atomic E-state index is 14.2. The van der Waals surface area contributed by atoms with Crippen molar-refractivity contribution in [2.75, 3.05) is 0 Å². The zero-order chi connectivity index (χ0) is 16.0. The van der Waals surface area contributed by atoms with Crippen molar-refractivity contribution < 1.29 is 18.7 Å². The minimum absolute atomic E-state index is 0.0182. The molecule has 1 aliphatic carbocycles. The standard InChI is InChI=1S/C16H15F2NO3/c1-8-11(4-5-14(20)21)16(22)12-6-9(17)7-13(18)15(12)19(8)10-2-3-10/h6-7,10H,2-5H2,1H3,(H,20,21). The van der Waals surface area contributed by atoms with E-state index in [1.807, 2.05) is 0 Å². The van der Waals surface area contributed by atoms with Crippen molar-refractivity contribution in [2.24, 2.45) is 0 Å². The molecule has 2 aromatic rings. The van der Waals surface area contributed by atoms with Gasteiger partial charge in [0, 0.05) is 29.8 Å². The van der Waals surface area contributed by atoms with Crippen molar-refractivity contribution in [1.29, 1.82) is 0 Å². The van der Waals surface area contributed by atoms with Crippen LogP contribution < -0.4 is 5.43 Å². The first-order valence-corrected chi connectivity index (χ1v) is 7.14. The predicted molar refractivity (Wildman–Crippen MR) is 77.1 cm³/mol. The van der Waals surface area contributed by atoms with Gasteiger partial charge in [-0.1, -0.05) is 0 Å². The summed E-state index contributed by atoms with van der Waals surface area (Å²) in [4.78, 5) is 23.3. The van der Waals surface area contributed by atoms with E-state index in [4.69, 9.17) is 5.11 Å². The Morgan fingerprint density at radius 1 is 1.36 bits per heavy atom. The highest BCUT2D eigenvalue weighted by atomic mass is 19.1. The number of carboxylic acid groups (broad SMARTS) is 1. The number of pyridine rings is 1. The van der Waals surface area contributed by atoms with E-state index in [9.17, 15) is 18.4 Å². The molecule has 4 nitrogen and oxygen atoms in total. The zero-order valence-electron chi connectivity index (χ0n) is 12.0. The Labute approximate surface area is 125 Å². The van der Waals surface area contributed by atoms with Gasteiger partial charge in [0.25, 0.3) is 0 Å². The van der Waals surface area contributed by atoms with E-state index in [-0.39, 0.29) is 29.8 Å². The van der Waals surface area contributed by atoms with Crippen LogP contribution in [0.4, 0.5) is 8.78 Å². The molecule has 1 fully saturated rings. The third-order valence-corrected chi connectivity index (χ3v) is 4.09. The quantitative estimate of drug-likeness (QED) is 0.944. The number of carbonyl (C=O) groups is 1. The molecule has 6 heteroatoms. The Hall–Kier alpha value is -2.24. The van der Waals surface area contributed by atoms with E-state index < -0.39 is 23.0 Å². The molecule has 1 aliphatic rings. The van der Waals surface area contributed by atoms with Gasteiger partial charge in [0.1, 0.15) is 5.82 Å². The summed E-state index contributed by atoms with van der Waals surface area (Å²) in [5.41, 5.74) is 0.535. The number of hydrogen-bond acceptors (Lipinski definition) is 2. The van der Waals surface area contributed by atoms with Crippen LogP contribution in [0, 0.1) is 18.6 Å². The summed E-state index contributed by atoms with van der Waals surface area (Å²) < 4.78 is 29.4. The first-order chi connectivity index (χ1) is 10.4. The third-order valence-electron chi connectivity index (χ3n) is 4.09. The normalized spacial score (nSPS) is 14.5. The Morgan fingerprint density at radius 2 is 2.05 bits per heavy atom. The average molecular weight is 307 g/mol. The van der Waals surface area contributed by atoms with E-state index in [0.717, 1.165) is 25.0 Å². The lowest BCUT2D eigenvalue weighted by Crippen LogP contribution is -2.20. The SMILES string of the molecule is Cc1c(CCC(=O)O)c(=O)c2cc(F)cc(F)c2n1C1CC1. The summed E-state index contributed by atoms with van der Waals surface area (Å²) in [6.07, 6.45) is 1.60. The van der Waals surface area contributed by atoms with E-state index in [2.05, 4.69) is 0 Å². The molecular weight excluding hydrogens is 292 g/mol. The maximum Gasteiger partial charge on any atom is 0.303 e. The van der Waals surface area contributed by atoms with Crippen molar-refractivity contribution in [3.63, 3.8) is 0 Å². The topological polar surface area (TPSA) is 59.3 Å². The fraction of sp³-hybridized carbons (Fsp3) is 0.375. The lowest BCUT2D eigenvalue weighted by molar-refractivity contribution is -0.136. The molecule has 0 spiro atoms. The van der Waals surface area contributed by atoms with E-state index in [1.54, 1.807) is 11.5 Å². The summed E-state index contributed by atoms with van der Waals surface area (Å²) in [6, 6.07) is 1.90. The molecule has 0 radical (unpaired) electrons. The number of nitrogens with zero attached hydrogens (tertiary/aromatic N) is 1. The van der Waals surface area contributed by atoms with Gasteiger partial charge in [-0.15, -0.1) is 0 Å². The van der Waals surface area contributed by atoms with Gasteiger partial charge in [0.2, 0.25) is 0 Å². The Morgan fingerprint density at radius 3 is 2.64 bits per heavy atom. The van der Waals surface area contributed by atoms with Crippen LogP contribution in [-0.2, 0) is 11.2 Å². The number of hydrogen-bond donors (Lipinski definition) is 1. The van der Waals surface area contributed by atoms with Crippen molar-refractivity contribution in [2.45, 2.75) is 38.6 Å². The van der Waals surface area contributed by atoms with E-state index >= 15 is 0 Å². The van der Waals surface area contributed by atoms with Crippen LogP contribution in [0.25, 0.3) is 10.9 Å². The lowest BCUT2D eigenvalue weighted by Gasteiger charge is -2.18. The molecule has 0 atom stereocenters. The molecular formula is C16H15F2NO3. The summed E-state index contributed by atoms with van der Waals surface area (Å²) >= 11 is 0. The molecule has 3 rings (SSSR count). The fourth-order valence-corrected chi connectivity index (χ4v) is 2.94. The first kappa shape index (κ1) is 14.7. The van der Waals surface area contributed by atoms with Crippen LogP contribution in [0.15, 0.2) is 16.9 Å². The van der Waals surface area contributed by atoms with Gasteiger partial charge in [0.05, 0.1) is 10.9 Å². The number of aromatic nitrogens is 1. The van der Waals surface area contributed by atoms with Crippen LogP contribution >= 0.6 is 0 Å². The molecule has 1 N–H and O–H groups in total. The van der Waals surface area contributed by atoms with E-state index in [1.165, 1.54) is 0 Å². The fourth-order valence-electron chi connectivity index (χ4n) is 2.94. The highest BCUT2D eigenvalue weighted by Crippen LogP contribution is 2.39. The van der Waals surface area contributed by atoms with Crippen LogP contribution in [0.5, 0.6) is 0 Å². The summed E-state index contributed by atoms with van der Waals surface area (Å²) in [7, 11) is 0. The highest BCUT2D eigenvalue weighted by molar-refractivity contribution is 5.81. The van der Waals surface area contributed by atoms with Crippen molar-refractivity contribution in [1.82, 2.24) is 4.57 Å². The number of aliphatic carboxylic acids is 1. The number of fused-ring (bicyclic) bond motifs is 1. The molecule has 0 saturated heterocycles. The molecule has 0 bridgehead atoms. The molecule has 0 aliphatic heterocycles. The Kier molecular flexibility index (Phi) is 3.47. The molecule has 0 amide bonds. The molecule has 1 heterocycles. The van der Waals surface area contributed by atoms with Crippen LogP contribution in [0.3, 0.4) is 0 Å². The van der Waals surface area contributed by atoms with Gasteiger partial charge < -0.3 is 9.67 Å². The van der Waals surface area contributed by atoms with Crippen molar-refractivity contribution in [3.8, 4) is 0 Å². The molecule has 116 valence electrons. The lowest BCUT2D eigenvalue weighted by atomic mass is 10.0. The third kappa shape index (κ3) is 2.38. The number of halogens is 2. The van der Waals surface area contributed by atoms with Crippen molar-refractivity contribution in [3.05, 3.63) is 45.2 Å². The van der Waals surface area contributed by atoms with Gasteiger partial charge in [-0.25, -0.2) is 8.78 Å². The minimum Gasteiger partial charge on any atom is -0.481 e. The highest BCUT2D eigenvalue weighted by Gasteiger charge is 2.29. The monoisotopic (exact) mass is 307 g/mol. The Balaban J connectivity index is 2.33. The summed E-state index contributed by atoms with van der Waals surface area (Å²) in [5.74, 6) is -2.58. The van der Waals surface area contributed by atoms with Crippen molar-refractivity contribution >= 4 is 16.9 Å². The smallest absolute Gasteiger partial charge is 0.303 e. The van der Waals surface area contributed by atoms with Gasteiger partial charge in [0.15, 0.2) is 11.2 Å². The molecule has 0 unspecified atom stereocenters. The molecule has 1 saturated carbocycles. The largest absolute Gasteiger partial charge is 0.481 e. The maximum atomic E-state index is 14.2. The second-order valence-corrected chi connectivity index (χ2v) is 5.67. The van der Waals surface area contributed by atoms with Crippen LogP contribution in [0.2, 0.25) is 0 Å². The number of benzene rings is 1. The van der Waals surface area contributed by atoms with Gasteiger partial charge in [-0.2, -0.15) is 0 Å². The molecule has 1 aromatic heterocycles. The second kappa shape index (κ2) is 5.19. The van der Waals surface area contributed by atoms with Gasteiger partial charge in [-0.05, 0) is 32.3 Å². The minimum atomic E-state index is -1.01. The Bertz CT molecular complexity index is 838. The van der Waals surface area contributed by atoms with Gasteiger partial charge in [-0.3, -0.25) is 9.59 Å². The molecule has 22 heavy (non-hydrogen) atoms. The average Bonchev–Trinajstić information content (AvgIpc) is 3.24. The summed E-state index contributed by atoms with van der Waals surface area (Å²) in [6.45, 7) is 1.69. The van der Waals surface area contributed by atoms with Crippen LogP contribution in [0.1, 0.15) is 36.6 Å². The molecule has 1 aromatic carbocycles.